The first-order valence-corrected chi connectivity index (χ1v) is 9.93. The van der Waals surface area contributed by atoms with E-state index >= 15 is 0 Å². The average molecular weight is 393 g/mol. The number of hydrogen-bond donors (Lipinski definition) is 2. The van der Waals surface area contributed by atoms with Gasteiger partial charge in [-0.25, -0.2) is 8.78 Å². The van der Waals surface area contributed by atoms with Crippen LogP contribution in [0.15, 0.2) is 47.4 Å². The number of thioether (sulfide) groups is 1. The molecule has 2 N–H and O–H groups in total. The van der Waals surface area contributed by atoms with Gasteiger partial charge in [-0.05, 0) is 23.8 Å². The molecule has 1 fully saturated rings. The molecule has 0 atom stereocenters. The summed E-state index contributed by atoms with van der Waals surface area (Å²) in [6.45, 7) is 4.85. The van der Waals surface area contributed by atoms with Crippen LogP contribution in [0.1, 0.15) is 11.1 Å². The predicted molar refractivity (Wildman–Crippen MR) is 101 cm³/mol. The summed E-state index contributed by atoms with van der Waals surface area (Å²) < 4.78 is 32.2. The Morgan fingerprint density at radius 3 is 2.63 bits per heavy atom. The number of nitrogens with one attached hydrogen (secondary N) is 2. The Balaban J connectivity index is 1.52. The summed E-state index contributed by atoms with van der Waals surface area (Å²) in [5.74, 6) is -1.21. The molecule has 0 unspecified atom stereocenters. The van der Waals surface area contributed by atoms with Gasteiger partial charge < -0.3 is 15.0 Å². The van der Waals surface area contributed by atoms with E-state index in [0.29, 0.717) is 6.54 Å². The van der Waals surface area contributed by atoms with Gasteiger partial charge in [0.05, 0.1) is 19.0 Å². The average Bonchev–Trinajstić information content (AvgIpc) is 2.69. The van der Waals surface area contributed by atoms with Gasteiger partial charge in [-0.3, -0.25) is 4.79 Å². The van der Waals surface area contributed by atoms with E-state index in [0.717, 1.165) is 68.4 Å². The molecule has 0 bridgehead atoms. The van der Waals surface area contributed by atoms with E-state index in [-0.39, 0.29) is 16.6 Å². The topological polar surface area (TPSA) is 42.8 Å². The highest BCUT2D eigenvalue weighted by molar-refractivity contribution is 8.00. The van der Waals surface area contributed by atoms with Gasteiger partial charge in [0.1, 0.15) is 31.3 Å². The smallest absolute Gasteiger partial charge is 0.230 e. The molecule has 0 saturated carbocycles. The molecule has 1 amide bonds. The number of quaternary nitrogens is 1. The SMILES string of the molecule is O=C(CSc1cc(F)ccc1F)NCc1ccccc1C[NH+]1CCOCC1. The number of hydrogen-bond acceptors (Lipinski definition) is 3. The third-order valence-electron chi connectivity index (χ3n) is 4.49. The number of halogens is 2. The van der Waals surface area contributed by atoms with Gasteiger partial charge in [0.25, 0.3) is 0 Å². The molecular weight excluding hydrogens is 370 g/mol. The first-order chi connectivity index (χ1) is 13.1. The fourth-order valence-electron chi connectivity index (χ4n) is 2.98. The Morgan fingerprint density at radius 1 is 1.11 bits per heavy atom. The fraction of sp³-hybridized carbons (Fsp3) is 0.350. The third kappa shape index (κ3) is 6.02. The molecule has 0 spiro atoms. The molecule has 1 saturated heterocycles. The fourth-order valence-corrected chi connectivity index (χ4v) is 3.78. The second-order valence-electron chi connectivity index (χ2n) is 6.45. The minimum absolute atomic E-state index is 0.0389. The molecule has 2 aromatic carbocycles. The van der Waals surface area contributed by atoms with Crippen LogP contribution in [-0.2, 0) is 22.6 Å². The van der Waals surface area contributed by atoms with Gasteiger partial charge >= 0.3 is 0 Å². The Morgan fingerprint density at radius 2 is 1.85 bits per heavy atom. The minimum Gasteiger partial charge on any atom is -0.370 e. The van der Waals surface area contributed by atoms with Crippen LogP contribution in [0, 0.1) is 11.6 Å². The molecule has 1 heterocycles. The molecule has 1 aliphatic heterocycles. The molecule has 0 radical (unpaired) electrons. The zero-order valence-electron chi connectivity index (χ0n) is 15.0. The molecule has 144 valence electrons. The normalized spacial score (nSPS) is 14.9. The minimum atomic E-state index is -0.520. The zero-order valence-corrected chi connectivity index (χ0v) is 15.8. The van der Waals surface area contributed by atoms with Crippen molar-refractivity contribution in [2.75, 3.05) is 32.1 Å². The maximum atomic E-state index is 13.6. The van der Waals surface area contributed by atoms with E-state index in [1.165, 1.54) is 10.5 Å². The summed E-state index contributed by atoms with van der Waals surface area (Å²) in [6, 6.07) is 11.3. The van der Waals surface area contributed by atoms with Crippen LogP contribution >= 0.6 is 11.8 Å². The lowest BCUT2D eigenvalue weighted by atomic mass is 10.1. The number of rotatable bonds is 7. The highest BCUT2D eigenvalue weighted by Crippen LogP contribution is 2.22. The van der Waals surface area contributed by atoms with Crippen molar-refractivity contribution in [1.82, 2.24) is 5.32 Å². The summed E-state index contributed by atoms with van der Waals surface area (Å²) in [7, 11) is 0. The first-order valence-electron chi connectivity index (χ1n) is 8.94. The summed E-state index contributed by atoms with van der Waals surface area (Å²) >= 11 is 0.992. The van der Waals surface area contributed by atoms with E-state index in [1.807, 2.05) is 18.2 Å². The van der Waals surface area contributed by atoms with Crippen molar-refractivity contribution in [3.05, 3.63) is 65.2 Å². The van der Waals surface area contributed by atoms with Gasteiger partial charge in [0, 0.05) is 17.0 Å². The van der Waals surface area contributed by atoms with Gasteiger partial charge in [0.15, 0.2) is 0 Å². The standard InChI is InChI=1S/C20H22F2N2O2S/c21-17-5-6-18(22)19(11-17)27-14-20(25)23-12-15-3-1-2-4-16(15)13-24-7-9-26-10-8-24/h1-6,11H,7-10,12-14H2,(H,23,25)/p+1. The molecule has 7 heteroatoms. The molecule has 3 rings (SSSR count). The van der Waals surface area contributed by atoms with Crippen LogP contribution < -0.4 is 10.2 Å². The Kier molecular flexibility index (Phi) is 7.20. The van der Waals surface area contributed by atoms with E-state index in [1.54, 1.807) is 0 Å². The molecule has 2 aromatic rings. The van der Waals surface area contributed by atoms with E-state index < -0.39 is 11.6 Å². The van der Waals surface area contributed by atoms with E-state index in [4.69, 9.17) is 4.74 Å². The lowest BCUT2D eigenvalue weighted by Gasteiger charge is -2.24. The molecule has 27 heavy (non-hydrogen) atoms. The van der Waals surface area contributed by atoms with Crippen molar-refractivity contribution in [2.24, 2.45) is 0 Å². The van der Waals surface area contributed by atoms with Crippen molar-refractivity contribution in [3.63, 3.8) is 0 Å². The number of benzene rings is 2. The first kappa shape index (κ1) is 19.8. The summed E-state index contributed by atoms with van der Waals surface area (Å²) in [5, 5.41) is 2.87. The Labute approximate surface area is 161 Å². The summed E-state index contributed by atoms with van der Waals surface area (Å²) in [6.07, 6.45) is 0. The molecule has 0 aliphatic carbocycles. The monoisotopic (exact) mass is 393 g/mol. The maximum Gasteiger partial charge on any atom is 0.230 e. The van der Waals surface area contributed by atoms with Gasteiger partial charge in [-0.1, -0.05) is 24.3 Å². The largest absolute Gasteiger partial charge is 0.370 e. The quantitative estimate of drug-likeness (QED) is 0.705. The second-order valence-corrected chi connectivity index (χ2v) is 7.47. The van der Waals surface area contributed by atoms with Crippen LogP contribution in [0.2, 0.25) is 0 Å². The van der Waals surface area contributed by atoms with Crippen LogP contribution in [0.4, 0.5) is 8.78 Å². The molecular formula is C20H23F2N2O2S+. The van der Waals surface area contributed by atoms with Crippen molar-refractivity contribution in [3.8, 4) is 0 Å². The number of morpholine rings is 1. The van der Waals surface area contributed by atoms with Gasteiger partial charge in [0.2, 0.25) is 5.91 Å². The van der Waals surface area contributed by atoms with Gasteiger partial charge in [-0.15, -0.1) is 11.8 Å². The second kappa shape index (κ2) is 9.82. The highest BCUT2D eigenvalue weighted by atomic mass is 32.2. The number of ether oxygens (including phenoxy) is 1. The highest BCUT2D eigenvalue weighted by Gasteiger charge is 2.16. The van der Waals surface area contributed by atoms with E-state index in [2.05, 4.69) is 11.4 Å². The molecule has 1 aliphatic rings. The van der Waals surface area contributed by atoms with Crippen LogP contribution in [0.25, 0.3) is 0 Å². The van der Waals surface area contributed by atoms with Crippen LogP contribution in [0.5, 0.6) is 0 Å². The molecule has 4 nitrogen and oxygen atoms in total. The molecule has 0 aromatic heterocycles. The number of amides is 1. The van der Waals surface area contributed by atoms with Crippen LogP contribution in [0.3, 0.4) is 0 Å². The van der Waals surface area contributed by atoms with Crippen molar-refractivity contribution < 1.29 is 23.2 Å². The van der Waals surface area contributed by atoms with Crippen molar-refractivity contribution in [1.29, 1.82) is 0 Å². The maximum absolute atomic E-state index is 13.6. The van der Waals surface area contributed by atoms with Crippen molar-refractivity contribution in [2.45, 2.75) is 18.0 Å². The van der Waals surface area contributed by atoms with Gasteiger partial charge in [-0.2, -0.15) is 0 Å². The summed E-state index contributed by atoms with van der Waals surface area (Å²) in [5.41, 5.74) is 2.28. The predicted octanol–water partition coefficient (Wildman–Crippen LogP) is 1.79. The zero-order chi connectivity index (χ0) is 19.1. The lowest BCUT2D eigenvalue weighted by Crippen LogP contribution is -3.12. The van der Waals surface area contributed by atoms with E-state index in [9.17, 15) is 13.6 Å². The lowest BCUT2D eigenvalue weighted by molar-refractivity contribution is -0.921. The Bertz CT molecular complexity index is 782. The number of carbonyl (C=O) groups excluding carboxylic acids is 1. The van der Waals surface area contributed by atoms with Crippen LogP contribution in [-0.4, -0.2) is 38.0 Å². The van der Waals surface area contributed by atoms with Crippen molar-refractivity contribution >= 4 is 17.7 Å². The third-order valence-corrected chi connectivity index (χ3v) is 5.52. The summed E-state index contributed by atoms with van der Waals surface area (Å²) in [4.78, 5) is 13.7. The number of carbonyl (C=O) groups is 1. The Hall–Kier alpha value is -1.96.